The molecule has 0 bridgehead atoms. The first-order chi connectivity index (χ1) is 11.1. The minimum atomic E-state index is -0.368. The molecule has 2 rings (SSSR count). The molecule has 1 aromatic carbocycles. The van der Waals surface area contributed by atoms with Crippen LogP contribution in [0, 0.1) is 11.8 Å². The van der Waals surface area contributed by atoms with Crippen molar-refractivity contribution in [3.63, 3.8) is 0 Å². The standard InChI is InChI=1S/C20H31NO2/c1-15(12-17-8-6-7-9-17)20(23)21-14-19(13-16(2)22)18-10-4-3-5-11-18/h3-5,10-11,15-17,19,22H,6-9,12-14H2,1-2H3,(H,21,23). The molecule has 3 atom stereocenters. The van der Waals surface area contributed by atoms with E-state index in [1.54, 1.807) is 6.92 Å². The van der Waals surface area contributed by atoms with E-state index in [2.05, 4.69) is 17.4 Å². The lowest BCUT2D eigenvalue weighted by Crippen LogP contribution is -2.34. The molecule has 1 aromatic rings. The smallest absolute Gasteiger partial charge is 0.222 e. The number of aliphatic hydroxyl groups excluding tert-OH is 1. The highest BCUT2D eigenvalue weighted by Gasteiger charge is 2.23. The lowest BCUT2D eigenvalue weighted by atomic mass is 9.92. The second-order valence-electron chi connectivity index (χ2n) is 7.22. The highest BCUT2D eigenvalue weighted by molar-refractivity contribution is 5.78. The monoisotopic (exact) mass is 317 g/mol. The Morgan fingerprint density at radius 1 is 1.22 bits per heavy atom. The third kappa shape index (κ3) is 5.98. The third-order valence-electron chi connectivity index (χ3n) is 5.03. The Kier molecular flexibility index (Phi) is 7.10. The summed E-state index contributed by atoms with van der Waals surface area (Å²) in [6, 6.07) is 10.2. The first-order valence-electron chi connectivity index (χ1n) is 9.07. The quantitative estimate of drug-likeness (QED) is 0.764. The fourth-order valence-corrected chi connectivity index (χ4v) is 3.73. The van der Waals surface area contributed by atoms with E-state index < -0.39 is 0 Å². The van der Waals surface area contributed by atoms with Gasteiger partial charge in [-0.05, 0) is 31.2 Å². The molecule has 0 heterocycles. The minimum absolute atomic E-state index is 0.0843. The summed E-state index contributed by atoms with van der Waals surface area (Å²) in [7, 11) is 0. The van der Waals surface area contributed by atoms with Crippen LogP contribution in [0.25, 0.3) is 0 Å². The number of nitrogens with one attached hydrogen (secondary N) is 1. The molecule has 3 heteroatoms. The van der Waals surface area contributed by atoms with Crippen LogP contribution >= 0.6 is 0 Å². The molecule has 0 aliphatic heterocycles. The van der Waals surface area contributed by atoms with Crippen LogP contribution in [0.2, 0.25) is 0 Å². The molecule has 128 valence electrons. The predicted octanol–water partition coefficient (Wildman–Crippen LogP) is 3.87. The summed E-state index contributed by atoms with van der Waals surface area (Å²) < 4.78 is 0. The number of aliphatic hydroxyl groups is 1. The summed E-state index contributed by atoms with van der Waals surface area (Å²) in [5, 5.41) is 12.8. The largest absolute Gasteiger partial charge is 0.393 e. The Bertz CT molecular complexity index is 466. The maximum absolute atomic E-state index is 12.4. The van der Waals surface area contributed by atoms with Crippen LogP contribution in [-0.2, 0) is 4.79 Å². The molecule has 1 aliphatic carbocycles. The fourth-order valence-electron chi connectivity index (χ4n) is 3.73. The van der Waals surface area contributed by atoms with Gasteiger partial charge in [0.25, 0.3) is 0 Å². The van der Waals surface area contributed by atoms with E-state index in [4.69, 9.17) is 0 Å². The predicted molar refractivity (Wildman–Crippen MR) is 94.2 cm³/mol. The maximum Gasteiger partial charge on any atom is 0.222 e. The van der Waals surface area contributed by atoms with E-state index in [0.29, 0.717) is 13.0 Å². The van der Waals surface area contributed by atoms with Gasteiger partial charge in [-0.15, -0.1) is 0 Å². The molecule has 0 spiro atoms. The molecule has 3 unspecified atom stereocenters. The second kappa shape index (κ2) is 9.07. The van der Waals surface area contributed by atoms with Gasteiger partial charge in [-0.3, -0.25) is 4.79 Å². The number of carbonyl (C=O) groups excluding carboxylic acids is 1. The van der Waals surface area contributed by atoms with Crippen LogP contribution in [0.15, 0.2) is 30.3 Å². The van der Waals surface area contributed by atoms with E-state index in [9.17, 15) is 9.90 Å². The zero-order valence-electron chi connectivity index (χ0n) is 14.5. The Labute approximate surface area is 140 Å². The molecule has 0 radical (unpaired) electrons. The summed E-state index contributed by atoms with van der Waals surface area (Å²) in [5.74, 6) is 1.14. The molecule has 0 saturated heterocycles. The first kappa shape index (κ1) is 18.0. The van der Waals surface area contributed by atoms with Crippen LogP contribution < -0.4 is 5.32 Å². The average molecular weight is 317 g/mol. The molecule has 1 saturated carbocycles. The minimum Gasteiger partial charge on any atom is -0.393 e. The molecule has 2 N–H and O–H groups in total. The molecule has 3 nitrogen and oxygen atoms in total. The number of benzene rings is 1. The van der Waals surface area contributed by atoms with E-state index in [1.807, 2.05) is 25.1 Å². The number of carbonyl (C=O) groups is 1. The third-order valence-corrected chi connectivity index (χ3v) is 5.03. The molecular formula is C20H31NO2. The Balaban J connectivity index is 1.85. The van der Waals surface area contributed by atoms with E-state index in [0.717, 1.165) is 12.3 Å². The zero-order valence-corrected chi connectivity index (χ0v) is 14.5. The summed E-state index contributed by atoms with van der Waals surface area (Å²) in [6.45, 7) is 4.45. The number of hydrogen-bond acceptors (Lipinski definition) is 2. The van der Waals surface area contributed by atoms with Gasteiger partial charge in [-0.1, -0.05) is 62.9 Å². The summed E-state index contributed by atoms with van der Waals surface area (Å²) in [5.41, 5.74) is 1.18. The van der Waals surface area contributed by atoms with Gasteiger partial charge < -0.3 is 10.4 Å². The van der Waals surface area contributed by atoms with Crippen LogP contribution in [0.1, 0.15) is 63.9 Å². The van der Waals surface area contributed by atoms with Crippen molar-refractivity contribution in [2.45, 2.75) is 64.4 Å². The summed E-state index contributed by atoms with van der Waals surface area (Å²) in [4.78, 5) is 12.4. The molecular weight excluding hydrogens is 286 g/mol. The van der Waals surface area contributed by atoms with Gasteiger partial charge in [0.05, 0.1) is 6.10 Å². The number of amides is 1. The van der Waals surface area contributed by atoms with Gasteiger partial charge in [-0.25, -0.2) is 0 Å². The maximum atomic E-state index is 12.4. The normalized spacial score (nSPS) is 19.3. The highest BCUT2D eigenvalue weighted by Crippen LogP contribution is 2.30. The van der Waals surface area contributed by atoms with Crippen molar-refractivity contribution >= 4 is 5.91 Å². The van der Waals surface area contributed by atoms with E-state index >= 15 is 0 Å². The van der Waals surface area contributed by atoms with E-state index in [-0.39, 0.29) is 23.8 Å². The number of hydrogen-bond donors (Lipinski definition) is 2. The Hall–Kier alpha value is -1.35. The fraction of sp³-hybridized carbons (Fsp3) is 0.650. The Morgan fingerprint density at radius 3 is 2.48 bits per heavy atom. The second-order valence-corrected chi connectivity index (χ2v) is 7.22. The van der Waals surface area contributed by atoms with Gasteiger partial charge in [0.15, 0.2) is 0 Å². The van der Waals surface area contributed by atoms with Crippen molar-refractivity contribution in [3.05, 3.63) is 35.9 Å². The van der Waals surface area contributed by atoms with Gasteiger partial charge in [0.2, 0.25) is 5.91 Å². The highest BCUT2D eigenvalue weighted by atomic mass is 16.3. The summed E-state index contributed by atoms with van der Waals surface area (Å²) >= 11 is 0. The summed E-state index contributed by atoms with van der Waals surface area (Å²) in [6.07, 6.45) is 6.53. The number of rotatable bonds is 8. The van der Waals surface area contributed by atoms with Crippen LogP contribution in [-0.4, -0.2) is 23.7 Å². The van der Waals surface area contributed by atoms with Gasteiger partial charge in [0, 0.05) is 18.4 Å². The topological polar surface area (TPSA) is 49.3 Å². The van der Waals surface area contributed by atoms with E-state index in [1.165, 1.54) is 31.2 Å². The van der Waals surface area contributed by atoms with Crippen molar-refractivity contribution in [1.82, 2.24) is 5.32 Å². The van der Waals surface area contributed by atoms with Crippen LogP contribution in [0.3, 0.4) is 0 Å². The molecule has 1 amide bonds. The van der Waals surface area contributed by atoms with Gasteiger partial charge in [-0.2, -0.15) is 0 Å². The van der Waals surface area contributed by atoms with Crippen molar-refractivity contribution in [2.75, 3.05) is 6.54 Å². The van der Waals surface area contributed by atoms with Gasteiger partial charge >= 0.3 is 0 Å². The van der Waals surface area contributed by atoms with Crippen LogP contribution in [0.4, 0.5) is 0 Å². The molecule has 1 aliphatic rings. The lowest BCUT2D eigenvalue weighted by molar-refractivity contribution is -0.125. The van der Waals surface area contributed by atoms with Crippen molar-refractivity contribution < 1.29 is 9.90 Å². The van der Waals surface area contributed by atoms with Crippen LogP contribution in [0.5, 0.6) is 0 Å². The average Bonchev–Trinajstić information content (AvgIpc) is 3.04. The SMILES string of the molecule is CC(O)CC(CNC(=O)C(C)CC1CCCC1)c1ccccc1. The van der Waals surface area contributed by atoms with Gasteiger partial charge in [0.1, 0.15) is 0 Å². The van der Waals surface area contributed by atoms with Crippen molar-refractivity contribution in [1.29, 1.82) is 0 Å². The zero-order chi connectivity index (χ0) is 16.7. The first-order valence-corrected chi connectivity index (χ1v) is 9.07. The lowest BCUT2D eigenvalue weighted by Gasteiger charge is -2.22. The molecule has 23 heavy (non-hydrogen) atoms. The molecule has 0 aromatic heterocycles. The van der Waals surface area contributed by atoms with Crippen molar-refractivity contribution in [2.24, 2.45) is 11.8 Å². The van der Waals surface area contributed by atoms with Crippen molar-refractivity contribution in [3.8, 4) is 0 Å². The Morgan fingerprint density at radius 2 is 1.87 bits per heavy atom. The molecule has 1 fully saturated rings.